The Hall–Kier alpha value is -2.74. The van der Waals surface area contributed by atoms with E-state index in [0.717, 1.165) is 18.4 Å². The van der Waals surface area contributed by atoms with Gasteiger partial charge in [-0.3, -0.25) is 9.10 Å². The highest BCUT2D eigenvalue weighted by Gasteiger charge is 2.28. The zero-order valence-electron chi connectivity index (χ0n) is 16.9. The molecule has 4 rings (SSSR count). The van der Waals surface area contributed by atoms with E-state index in [2.05, 4.69) is 5.32 Å². The summed E-state index contributed by atoms with van der Waals surface area (Å²) in [5, 5.41) is 3.45. The highest BCUT2D eigenvalue weighted by Crippen LogP contribution is 2.32. The molecule has 0 unspecified atom stereocenters. The summed E-state index contributed by atoms with van der Waals surface area (Å²) in [4.78, 5) is 12.4. The van der Waals surface area contributed by atoms with Crippen molar-refractivity contribution < 1.29 is 17.9 Å². The van der Waals surface area contributed by atoms with E-state index >= 15 is 0 Å². The van der Waals surface area contributed by atoms with Gasteiger partial charge in [0, 0.05) is 17.3 Å². The van der Waals surface area contributed by atoms with Crippen LogP contribution in [0.3, 0.4) is 0 Å². The SMILES string of the molecule is O=C(COc1ccc(Cl)cc1Cl)Nc1ccc(S(=O)(=O)N2CCCc3ccccc32)cc1. The standard InChI is InChI=1S/C23H20Cl2N2O4S/c24-17-7-12-22(20(25)14-17)31-15-23(28)26-18-8-10-19(11-9-18)32(29,30)27-13-3-5-16-4-1-2-6-21(16)27/h1-2,4,6-12,14H,3,5,13,15H2,(H,26,28). The van der Waals surface area contributed by atoms with Crippen molar-refractivity contribution in [3.05, 3.63) is 82.3 Å². The summed E-state index contributed by atoms with van der Waals surface area (Å²) in [6, 6.07) is 18.3. The van der Waals surface area contributed by atoms with Crippen LogP contribution in [0.2, 0.25) is 10.0 Å². The Labute approximate surface area is 196 Å². The summed E-state index contributed by atoms with van der Waals surface area (Å²) in [5.41, 5.74) is 2.19. The van der Waals surface area contributed by atoms with Gasteiger partial charge in [0.1, 0.15) is 5.75 Å². The molecule has 9 heteroatoms. The van der Waals surface area contributed by atoms with Crippen LogP contribution in [-0.4, -0.2) is 27.5 Å². The lowest BCUT2D eigenvalue weighted by molar-refractivity contribution is -0.118. The van der Waals surface area contributed by atoms with Crippen LogP contribution in [-0.2, 0) is 21.2 Å². The zero-order valence-corrected chi connectivity index (χ0v) is 19.3. The number of ether oxygens (including phenoxy) is 1. The number of nitrogens with zero attached hydrogens (tertiary/aromatic N) is 1. The second-order valence-electron chi connectivity index (χ2n) is 7.25. The molecule has 0 aliphatic carbocycles. The molecule has 1 amide bonds. The molecule has 0 saturated heterocycles. The number of benzene rings is 3. The number of nitrogens with one attached hydrogen (secondary N) is 1. The zero-order chi connectivity index (χ0) is 22.7. The van der Waals surface area contributed by atoms with Crippen LogP contribution in [0.4, 0.5) is 11.4 Å². The summed E-state index contributed by atoms with van der Waals surface area (Å²) >= 11 is 11.9. The number of aryl methyl sites for hydroxylation is 1. The highest BCUT2D eigenvalue weighted by molar-refractivity contribution is 7.92. The van der Waals surface area contributed by atoms with Crippen molar-refractivity contribution in [3.8, 4) is 5.75 Å². The highest BCUT2D eigenvalue weighted by atomic mass is 35.5. The number of fused-ring (bicyclic) bond motifs is 1. The molecule has 1 aliphatic heterocycles. The number of sulfonamides is 1. The number of halogens is 2. The summed E-state index contributed by atoms with van der Waals surface area (Å²) in [7, 11) is -3.70. The lowest BCUT2D eigenvalue weighted by Crippen LogP contribution is -2.35. The number of anilines is 2. The van der Waals surface area contributed by atoms with E-state index in [1.807, 2.05) is 24.3 Å². The minimum absolute atomic E-state index is 0.163. The molecule has 0 fully saturated rings. The molecule has 0 atom stereocenters. The largest absolute Gasteiger partial charge is 0.482 e. The Morgan fingerprint density at radius 2 is 1.78 bits per heavy atom. The first-order valence-corrected chi connectivity index (χ1v) is 12.1. The lowest BCUT2D eigenvalue weighted by Gasteiger charge is -2.30. The summed E-state index contributed by atoms with van der Waals surface area (Å²) in [6.07, 6.45) is 1.62. The molecule has 6 nitrogen and oxygen atoms in total. The van der Waals surface area contributed by atoms with Gasteiger partial charge in [0.15, 0.2) is 6.61 Å². The fourth-order valence-corrected chi connectivity index (χ4v) is 5.52. The maximum absolute atomic E-state index is 13.2. The topological polar surface area (TPSA) is 75.7 Å². The van der Waals surface area contributed by atoms with E-state index in [9.17, 15) is 13.2 Å². The van der Waals surface area contributed by atoms with Crippen molar-refractivity contribution in [3.63, 3.8) is 0 Å². The van der Waals surface area contributed by atoms with Crippen molar-refractivity contribution in [2.75, 3.05) is 22.8 Å². The fourth-order valence-electron chi connectivity index (χ4n) is 3.52. The number of rotatable bonds is 6. The Kier molecular flexibility index (Phi) is 6.60. The third-order valence-corrected chi connectivity index (χ3v) is 7.40. The van der Waals surface area contributed by atoms with E-state index in [-0.39, 0.29) is 11.5 Å². The predicted octanol–water partition coefficient (Wildman–Crippen LogP) is 5.15. The Morgan fingerprint density at radius 3 is 2.53 bits per heavy atom. The number of para-hydroxylation sites is 1. The van der Waals surface area contributed by atoms with E-state index < -0.39 is 15.9 Å². The minimum atomic E-state index is -3.70. The van der Waals surface area contributed by atoms with E-state index in [0.29, 0.717) is 33.7 Å². The first-order valence-electron chi connectivity index (χ1n) is 9.93. The number of amides is 1. The lowest BCUT2D eigenvalue weighted by atomic mass is 10.0. The van der Waals surface area contributed by atoms with Crippen molar-refractivity contribution in [2.24, 2.45) is 0 Å². The number of hydrogen-bond acceptors (Lipinski definition) is 4. The number of hydrogen-bond donors (Lipinski definition) is 1. The molecular formula is C23H20Cl2N2O4S. The number of carbonyl (C=O) groups excluding carboxylic acids is 1. The monoisotopic (exact) mass is 490 g/mol. The van der Waals surface area contributed by atoms with E-state index in [1.165, 1.54) is 22.5 Å². The molecule has 3 aromatic carbocycles. The van der Waals surface area contributed by atoms with Gasteiger partial charge in [-0.2, -0.15) is 0 Å². The van der Waals surface area contributed by atoms with Crippen LogP contribution in [0.5, 0.6) is 5.75 Å². The summed E-state index contributed by atoms with van der Waals surface area (Å²) in [6.45, 7) is 0.175. The van der Waals surface area contributed by atoms with Crippen LogP contribution < -0.4 is 14.4 Å². The molecule has 0 radical (unpaired) electrons. The fraction of sp³-hybridized carbons (Fsp3) is 0.174. The van der Waals surface area contributed by atoms with E-state index in [4.69, 9.17) is 27.9 Å². The van der Waals surface area contributed by atoms with Crippen LogP contribution in [0, 0.1) is 0 Å². The van der Waals surface area contributed by atoms with Gasteiger partial charge in [0.2, 0.25) is 0 Å². The molecule has 3 aromatic rings. The second-order valence-corrected chi connectivity index (χ2v) is 9.95. The average molecular weight is 491 g/mol. The van der Waals surface area contributed by atoms with Crippen molar-refractivity contribution >= 4 is 50.5 Å². The van der Waals surface area contributed by atoms with Gasteiger partial charge in [0.25, 0.3) is 15.9 Å². The van der Waals surface area contributed by atoms with Crippen LogP contribution in [0.1, 0.15) is 12.0 Å². The third-order valence-electron chi connectivity index (χ3n) is 5.05. The quantitative estimate of drug-likeness (QED) is 0.518. The van der Waals surface area contributed by atoms with Crippen LogP contribution >= 0.6 is 23.2 Å². The first kappa shape index (κ1) is 22.5. The third kappa shape index (κ3) is 4.85. The van der Waals surface area contributed by atoms with Gasteiger partial charge >= 0.3 is 0 Å². The van der Waals surface area contributed by atoms with Gasteiger partial charge in [-0.25, -0.2) is 8.42 Å². The van der Waals surface area contributed by atoms with E-state index in [1.54, 1.807) is 24.3 Å². The molecule has 32 heavy (non-hydrogen) atoms. The van der Waals surface area contributed by atoms with Crippen molar-refractivity contribution in [1.82, 2.24) is 0 Å². The van der Waals surface area contributed by atoms with Crippen LogP contribution in [0.25, 0.3) is 0 Å². The minimum Gasteiger partial charge on any atom is -0.482 e. The molecule has 166 valence electrons. The molecule has 0 spiro atoms. The van der Waals surface area contributed by atoms with Gasteiger partial charge in [-0.15, -0.1) is 0 Å². The Bertz CT molecular complexity index is 1250. The summed E-state index contributed by atoms with van der Waals surface area (Å²) in [5.74, 6) is -0.0638. The molecule has 0 bridgehead atoms. The second kappa shape index (κ2) is 9.40. The van der Waals surface area contributed by atoms with Crippen molar-refractivity contribution in [2.45, 2.75) is 17.7 Å². The number of carbonyl (C=O) groups is 1. The smallest absolute Gasteiger partial charge is 0.264 e. The average Bonchev–Trinajstić information content (AvgIpc) is 2.78. The molecule has 0 saturated carbocycles. The summed E-state index contributed by atoms with van der Waals surface area (Å²) < 4.78 is 33.2. The molecule has 1 aliphatic rings. The van der Waals surface area contributed by atoms with Gasteiger partial charge in [-0.1, -0.05) is 41.4 Å². The first-order chi connectivity index (χ1) is 15.3. The molecular weight excluding hydrogens is 471 g/mol. The molecule has 1 N–H and O–H groups in total. The Morgan fingerprint density at radius 1 is 1.03 bits per heavy atom. The van der Waals surface area contributed by atoms with Gasteiger partial charge in [0.05, 0.1) is 15.6 Å². The van der Waals surface area contributed by atoms with Gasteiger partial charge in [-0.05, 0) is 66.9 Å². The Balaban J connectivity index is 1.42. The van der Waals surface area contributed by atoms with Crippen molar-refractivity contribution in [1.29, 1.82) is 0 Å². The normalized spacial score (nSPS) is 13.4. The molecule has 0 aromatic heterocycles. The van der Waals surface area contributed by atoms with Gasteiger partial charge < -0.3 is 10.1 Å². The molecule has 1 heterocycles. The maximum atomic E-state index is 13.2. The maximum Gasteiger partial charge on any atom is 0.264 e. The predicted molar refractivity (Wildman–Crippen MR) is 126 cm³/mol. The van der Waals surface area contributed by atoms with Crippen LogP contribution in [0.15, 0.2) is 71.6 Å².